The van der Waals surface area contributed by atoms with E-state index in [1.807, 2.05) is 24.3 Å². The van der Waals surface area contributed by atoms with Crippen LogP contribution in [-0.4, -0.2) is 37.0 Å². The molecule has 1 atom stereocenters. The van der Waals surface area contributed by atoms with Gasteiger partial charge >= 0.3 is 0 Å². The molecule has 0 radical (unpaired) electrons. The molecule has 2 aromatic carbocycles. The van der Waals surface area contributed by atoms with E-state index >= 15 is 0 Å². The summed E-state index contributed by atoms with van der Waals surface area (Å²) in [4.78, 5) is 15.9. The number of piperidine rings is 1. The van der Waals surface area contributed by atoms with Crippen molar-refractivity contribution in [2.75, 3.05) is 31.6 Å². The minimum atomic E-state index is -0.408. The summed E-state index contributed by atoms with van der Waals surface area (Å²) in [6.45, 7) is 8.72. The molecule has 1 saturated carbocycles. The van der Waals surface area contributed by atoms with E-state index in [2.05, 4.69) is 48.3 Å². The normalized spacial score (nSPS) is 20.8. The Morgan fingerprint density at radius 2 is 1.78 bits per heavy atom. The topological polar surface area (TPSA) is 41.6 Å². The lowest BCUT2D eigenvalue weighted by atomic mass is 9.77. The maximum atomic E-state index is 13.3. The molecule has 1 aliphatic carbocycles. The highest BCUT2D eigenvalue weighted by molar-refractivity contribution is 5.99. The van der Waals surface area contributed by atoms with E-state index in [4.69, 9.17) is 4.74 Å². The summed E-state index contributed by atoms with van der Waals surface area (Å²) in [7, 11) is 0. The van der Waals surface area contributed by atoms with Gasteiger partial charge in [-0.25, -0.2) is 0 Å². The Balaban J connectivity index is 1.29. The zero-order chi connectivity index (χ0) is 22.4. The van der Waals surface area contributed by atoms with Gasteiger partial charge in [0, 0.05) is 18.8 Å². The van der Waals surface area contributed by atoms with Crippen molar-refractivity contribution in [1.82, 2.24) is 4.90 Å². The SMILES string of the molecule is Cc1ccc(C2(C(=O)Nc3ccc(OCCCN4CCC[C@H](C)C4)cc3)CCCC2)cc1. The van der Waals surface area contributed by atoms with Crippen LogP contribution in [0.3, 0.4) is 0 Å². The van der Waals surface area contributed by atoms with Gasteiger partial charge in [0.1, 0.15) is 5.75 Å². The maximum absolute atomic E-state index is 13.3. The summed E-state index contributed by atoms with van der Waals surface area (Å²) in [5, 5.41) is 3.18. The van der Waals surface area contributed by atoms with Gasteiger partial charge in [0.25, 0.3) is 0 Å². The molecule has 1 heterocycles. The third kappa shape index (κ3) is 5.53. The Labute approximate surface area is 193 Å². The molecule has 0 spiro atoms. The van der Waals surface area contributed by atoms with E-state index in [9.17, 15) is 4.79 Å². The number of ether oxygens (including phenoxy) is 1. The summed E-state index contributed by atoms with van der Waals surface area (Å²) in [6, 6.07) is 16.3. The van der Waals surface area contributed by atoms with Crippen molar-refractivity contribution < 1.29 is 9.53 Å². The highest BCUT2D eigenvalue weighted by Crippen LogP contribution is 2.42. The van der Waals surface area contributed by atoms with Gasteiger partial charge in [-0.1, -0.05) is 49.6 Å². The quantitative estimate of drug-likeness (QED) is 0.522. The van der Waals surface area contributed by atoms with E-state index in [0.29, 0.717) is 0 Å². The zero-order valence-electron chi connectivity index (χ0n) is 19.7. The number of amides is 1. The molecule has 4 rings (SSSR count). The third-order valence-electron chi connectivity index (χ3n) is 7.24. The molecule has 0 aromatic heterocycles. The summed E-state index contributed by atoms with van der Waals surface area (Å²) in [5.41, 5.74) is 2.79. The van der Waals surface area contributed by atoms with Crippen molar-refractivity contribution in [3.8, 4) is 5.75 Å². The van der Waals surface area contributed by atoms with Gasteiger partial charge < -0.3 is 15.0 Å². The Morgan fingerprint density at radius 3 is 2.47 bits per heavy atom. The zero-order valence-corrected chi connectivity index (χ0v) is 19.7. The molecule has 1 saturated heterocycles. The fourth-order valence-electron chi connectivity index (χ4n) is 5.35. The number of carbonyl (C=O) groups is 1. The van der Waals surface area contributed by atoms with Crippen molar-refractivity contribution in [2.45, 2.75) is 64.2 Å². The van der Waals surface area contributed by atoms with E-state index in [1.54, 1.807) is 0 Å². The van der Waals surface area contributed by atoms with E-state index in [1.165, 1.54) is 31.5 Å². The lowest BCUT2D eigenvalue weighted by Crippen LogP contribution is -2.38. The first kappa shape index (κ1) is 22.8. The van der Waals surface area contributed by atoms with Gasteiger partial charge in [-0.05, 0) is 81.3 Å². The number of hydrogen-bond acceptors (Lipinski definition) is 3. The van der Waals surface area contributed by atoms with Gasteiger partial charge in [0.15, 0.2) is 0 Å². The van der Waals surface area contributed by atoms with Crippen LogP contribution in [0.25, 0.3) is 0 Å². The molecule has 1 aliphatic heterocycles. The van der Waals surface area contributed by atoms with Crippen LogP contribution in [0.15, 0.2) is 48.5 Å². The molecule has 32 heavy (non-hydrogen) atoms. The Hall–Kier alpha value is -2.33. The second-order valence-electron chi connectivity index (χ2n) is 9.88. The summed E-state index contributed by atoms with van der Waals surface area (Å²) >= 11 is 0. The number of benzene rings is 2. The molecule has 1 N–H and O–H groups in total. The van der Waals surface area contributed by atoms with Crippen LogP contribution in [0.5, 0.6) is 5.75 Å². The largest absolute Gasteiger partial charge is 0.494 e. The number of hydrogen-bond donors (Lipinski definition) is 1. The number of aryl methyl sites for hydroxylation is 1. The molecular formula is C28H38N2O2. The Morgan fingerprint density at radius 1 is 1.06 bits per heavy atom. The lowest BCUT2D eigenvalue weighted by molar-refractivity contribution is -0.121. The lowest BCUT2D eigenvalue weighted by Gasteiger charge is -2.30. The van der Waals surface area contributed by atoms with Crippen LogP contribution < -0.4 is 10.1 Å². The minimum absolute atomic E-state index is 0.114. The Kier molecular flexibility index (Phi) is 7.51. The highest BCUT2D eigenvalue weighted by atomic mass is 16.5. The van der Waals surface area contributed by atoms with Crippen LogP contribution in [0.1, 0.15) is 63.0 Å². The molecule has 0 bridgehead atoms. The number of likely N-dealkylation sites (tertiary alicyclic amines) is 1. The number of anilines is 1. The van der Waals surface area contributed by atoms with Crippen LogP contribution in [0.2, 0.25) is 0 Å². The number of carbonyl (C=O) groups excluding carboxylic acids is 1. The summed E-state index contributed by atoms with van der Waals surface area (Å²) in [6.07, 6.45) is 7.76. The second kappa shape index (κ2) is 10.5. The number of rotatable bonds is 8. The van der Waals surface area contributed by atoms with Crippen LogP contribution >= 0.6 is 0 Å². The average molecular weight is 435 g/mol. The first-order valence-electron chi connectivity index (χ1n) is 12.4. The van der Waals surface area contributed by atoms with Gasteiger partial charge in [-0.2, -0.15) is 0 Å². The van der Waals surface area contributed by atoms with Crippen molar-refractivity contribution in [1.29, 1.82) is 0 Å². The van der Waals surface area contributed by atoms with Crippen molar-refractivity contribution in [3.05, 3.63) is 59.7 Å². The number of nitrogens with zero attached hydrogens (tertiary/aromatic N) is 1. The molecule has 4 nitrogen and oxygen atoms in total. The molecule has 172 valence electrons. The first-order valence-corrected chi connectivity index (χ1v) is 12.4. The minimum Gasteiger partial charge on any atom is -0.494 e. The van der Waals surface area contributed by atoms with Crippen molar-refractivity contribution >= 4 is 11.6 Å². The molecule has 2 aliphatic rings. The first-order chi connectivity index (χ1) is 15.5. The van der Waals surface area contributed by atoms with Crippen LogP contribution in [0, 0.1) is 12.8 Å². The smallest absolute Gasteiger partial charge is 0.235 e. The highest BCUT2D eigenvalue weighted by Gasteiger charge is 2.42. The van der Waals surface area contributed by atoms with Crippen molar-refractivity contribution in [3.63, 3.8) is 0 Å². The van der Waals surface area contributed by atoms with E-state index in [-0.39, 0.29) is 5.91 Å². The third-order valence-corrected chi connectivity index (χ3v) is 7.24. The molecule has 2 aromatic rings. The maximum Gasteiger partial charge on any atom is 0.235 e. The molecule has 4 heteroatoms. The summed E-state index contributed by atoms with van der Waals surface area (Å²) < 4.78 is 5.94. The predicted molar refractivity (Wildman–Crippen MR) is 131 cm³/mol. The number of nitrogens with one attached hydrogen (secondary N) is 1. The molecule has 1 amide bonds. The fraction of sp³-hybridized carbons (Fsp3) is 0.536. The summed E-state index contributed by atoms with van der Waals surface area (Å²) in [5.74, 6) is 1.80. The predicted octanol–water partition coefficient (Wildman–Crippen LogP) is 5.95. The van der Waals surface area contributed by atoms with E-state index < -0.39 is 5.41 Å². The molecule has 2 fully saturated rings. The van der Waals surface area contributed by atoms with Gasteiger partial charge in [0.05, 0.1) is 12.0 Å². The average Bonchev–Trinajstić information content (AvgIpc) is 3.30. The van der Waals surface area contributed by atoms with Crippen LogP contribution in [-0.2, 0) is 10.2 Å². The van der Waals surface area contributed by atoms with Gasteiger partial charge in [-0.15, -0.1) is 0 Å². The van der Waals surface area contributed by atoms with Crippen molar-refractivity contribution in [2.24, 2.45) is 5.92 Å². The monoisotopic (exact) mass is 434 g/mol. The van der Waals surface area contributed by atoms with Gasteiger partial charge in [0.2, 0.25) is 5.91 Å². The fourth-order valence-corrected chi connectivity index (χ4v) is 5.35. The molecule has 0 unspecified atom stereocenters. The standard InChI is InChI=1S/C28H38N2O2/c1-22-8-10-24(11-9-22)28(16-3-4-17-28)27(31)29-25-12-14-26(15-13-25)32-20-6-19-30-18-5-7-23(2)21-30/h8-15,23H,3-7,16-21H2,1-2H3,(H,29,31)/t23-/m0/s1. The van der Waals surface area contributed by atoms with E-state index in [0.717, 1.165) is 68.2 Å². The van der Waals surface area contributed by atoms with Crippen LogP contribution in [0.4, 0.5) is 5.69 Å². The molecular weight excluding hydrogens is 396 g/mol. The van der Waals surface area contributed by atoms with Gasteiger partial charge in [-0.3, -0.25) is 4.79 Å². The Bertz CT molecular complexity index is 869. The second-order valence-corrected chi connectivity index (χ2v) is 9.88.